The Morgan fingerprint density at radius 2 is 1.18 bits per heavy atom. The zero-order chi connectivity index (χ0) is 24.3. The van der Waals surface area contributed by atoms with Crippen LogP contribution in [0.4, 0.5) is 0 Å². The van der Waals surface area contributed by atoms with Gasteiger partial charge in [-0.3, -0.25) is 9.59 Å². The first-order valence-electron chi connectivity index (χ1n) is 11.0. The lowest BCUT2D eigenvalue weighted by Crippen LogP contribution is -2.34. The molecule has 0 saturated heterocycles. The Kier molecular flexibility index (Phi) is 8.97. The van der Waals surface area contributed by atoms with Crippen LogP contribution in [0, 0.1) is 5.92 Å². The molecule has 0 bridgehead atoms. The number of rotatable bonds is 11. The van der Waals surface area contributed by atoms with Crippen molar-refractivity contribution < 1.29 is 28.6 Å². The molecule has 0 aliphatic carbocycles. The van der Waals surface area contributed by atoms with Crippen molar-refractivity contribution in [2.75, 3.05) is 7.11 Å². The van der Waals surface area contributed by atoms with Gasteiger partial charge in [-0.1, -0.05) is 78.9 Å². The van der Waals surface area contributed by atoms with Crippen molar-refractivity contribution in [1.29, 1.82) is 0 Å². The summed E-state index contributed by atoms with van der Waals surface area (Å²) < 4.78 is 16.5. The van der Waals surface area contributed by atoms with Gasteiger partial charge in [-0.25, -0.2) is 0 Å². The first-order valence-corrected chi connectivity index (χ1v) is 11.0. The van der Waals surface area contributed by atoms with E-state index in [1.165, 1.54) is 14.0 Å². The molecule has 0 fully saturated rings. The van der Waals surface area contributed by atoms with E-state index in [1.807, 2.05) is 60.7 Å². The molecule has 0 spiro atoms. The van der Waals surface area contributed by atoms with Gasteiger partial charge in [0.1, 0.15) is 24.7 Å². The summed E-state index contributed by atoms with van der Waals surface area (Å²) in [6.45, 7) is 1.42. The zero-order valence-electron chi connectivity index (χ0n) is 19.3. The van der Waals surface area contributed by atoms with Crippen molar-refractivity contribution in [1.82, 2.24) is 0 Å². The number of esters is 2. The third kappa shape index (κ3) is 6.78. The van der Waals surface area contributed by atoms with E-state index >= 15 is 0 Å². The average Bonchev–Trinajstić information content (AvgIpc) is 2.86. The van der Waals surface area contributed by atoms with E-state index in [9.17, 15) is 14.4 Å². The molecule has 0 unspecified atom stereocenters. The van der Waals surface area contributed by atoms with Crippen molar-refractivity contribution in [2.24, 2.45) is 5.92 Å². The van der Waals surface area contributed by atoms with Crippen LogP contribution in [0.5, 0.6) is 5.75 Å². The van der Waals surface area contributed by atoms with Gasteiger partial charge in [-0.05, 0) is 29.7 Å². The van der Waals surface area contributed by atoms with Gasteiger partial charge in [-0.2, -0.15) is 0 Å². The van der Waals surface area contributed by atoms with Gasteiger partial charge in [-0.15, -0.1) is 0 Å². The number of methoxy groups -OCH3 is 1. The maximum atomic E-state index is 13.3. The summed E-state index contributed by atoms with van der Waals surface area (Å²) in [5.74, 6) is -3.34. The Labute approximate surface area is 199 Å². The number of hydrogen-bond acceptors (Lipinski definition) is 6. The molecule has 0 N–H and O–H groups in total. The number of Topliss-reactive ketones (excluding diaryl/α,β-unsaturated/α-hetero) is 1. The lowest BCUT2D eigenvalue weighted by Gasteiger charge is -2.25. The van der Waals surface area contributed by atoms with E-state index < -0.39 is 23.8 Å². The topological polar surface area (TPSA) is 78.9 Å². The largest absolute Gasteiger partial charge is 0.496 e. The van der Waals surface area contributed by atoms with Gasteiger partial charge >= 0.3 is 11.9 Å². The molecule has 0 heterocycles. The maximum Gasteiger partial charge on any atom is 0.321 e. The summed E-state index contributed by atoms with van der Waals surface area (Å²) in [4.78, 5) is 38.8. The van der Waals surface area contributed by atoms with Crippen LogP contribution >= 0.6 is 0 Å². The quantitative estimate of drug-likeness (QED) is 0.300. The second kappa shape index (κ2) is 12.3. The minimum Gasteiger partial charge on any atom is -0.496 e. The molecule has 0 amide bonds. The first kappa shape index (κ1) is 24.7. The Hall–Kier alpha value is -3.93. The predicted octanol–water partition coefficient (Wildman–Crippen LogP) is 4.86. The number of carbonyl (C=O) groups is 3. The zero-order valence-corrected chi connectivity index (χ0v) is 19.3. The maximum absolute atomic E-state index is 13.3. The van der Waals surface area contributed by atoms with Crippen LogP contribution in [0.1, 0.15) is 36.0 Å². The molecule has 6 heteroatoms. The molecular formula is C28H28O6. The second-order valence-corrected chi connectivity index (χ2v) is 7.92. The van der Waals surface area contributed by atoms with Crippen LogP contribution < -0.4 is 4.74 Å². The highest BCUT2D eigenvalue weighted by Crippen LogP contribution is 2.36. The van der Waals surface area contributed by atoms with Crippen molar-refractivity contribution in [3.8, 4) is 5.75 Å². The lowest BCUT2D eigenvalue weighted by atomic mass is 9.82. The number of hydrogen-bond donors (Lipinski definition) is 0. The third-order valence-electron chi connectivity index (χ3n) is 5.40. The van der Waals surface area contributed by atoms with Gasteiger partial charge in [0.25, 0.3) is 0 Å². The average molecular weight is 461 g/mol. The van der Waals surface area contributed by atoms with Crippen LogP contribution in [0.15, 0.2) is 84.9 Å². The van der Waals surface area contributed by atoms with E-state index in [2.05, 4.69) is 0 Å². The normalized spacial score (nSPS) is 11.5. The SMILES string of the molecule is COc1ccccc1[C@H](CC(C)=O)C(C(=O)OCc1ccccc1)C(=O)OCc1ccccc1. The third-order valence-corrected chi connectivity index (χ3v) is 5.40. The molecule has 3 aromatic rings. The Morgan fingerprint density at radius 1 is 0.706 bits per heavy atom. The highest BCUT2D eigenvalue weighted by atomic mass is 16.6. The first-order chi connectivity index (χ1) is 16.5. The van der Waals surface area contributed by atoms with Crippen molar-refractivity contribution in [2.45, 2.75) is 32.5 Å². The molecular weight excluding hydrogens is 432 g/mol. The number of benzene rings is 3. The molecule has 0 saturated carbocycles. The number of para-hydroxylation sites is 1. The summed E-state index contributed by atoms with van der Waals surface area (Å²) in [5.41, 5.74) is 2.14. The number of ketones is 1. The van der Waals surface area contributed by atoms with E-state index in [4.69, 9.17) is 14.2 Å². The number of ether oxygens (including phenoxy) is 3. The van der Waals surface area contributed by atoms with E-state index in [1.54, 1.807) is 24.3 Å². The molecule has 6 nitrogen and oxygen atoms in total. The van der Waals surface area contributed by atoms with Gasteiger partial charge in [0.15, 0.2) is 5.92 Å². The van der Waals surface area contributed by atoms with Gasteiger partial charge in [0, 0.05) is 12.3 Å². The van der Waals surface area contributed by atoms with Crippen LogP contribution in [0.2, 0.25) is 0 Å². The van der Waals surface area contributed by atoms with Crippen LogP contribution in [-0.2, 0) is 37.1 Å². The molecule has 3 rings (SSSR count). The summed E-state index contributed by atoms with van der Waals surface area (Å²) in [7, 11) is 1.50. The van der Waals surface area contributed by atoms with Crippen LogP contribution in [0.3, 0.4) is 0 Å². The van der Waals surface area contributed by atoms with E-state index in [0.717, 1.165) is 11.1 Å². The molecule has 3 aromatic carbocycles. The Bertz CT molecular complexity index is 1040. The van der Waals surface area contributed by atoms with Crippen molar-refractivity contribution in [3.63, 3.8) is 0 Å². The van der Waals surface area contributed by atoms with Crippen LogP contribution in [0.25, 0.3) is 0 Å². The molecule has 0 aliphatic rings. The summed E-state index contributed by atoms with van der Waals surface area (Å²) in [5, 5.41) is 0. The van der Waals surface area contributed by atoms with Gasteiger partial charge in [0.2, 0.25) is 0 Å². The molecule has 0 aliphatic heterocycles. The fraction of sp³-hybridized carbons (Fsp3) is 0.250. The Balaban J connectivity index is 1.91. The minimum atomic E-state index is -1.34. The highest BCUT2D eigenvalue weighted by molar-refractivity contribution is 5.97. The predicted molar refractivity (Wildman–Crippen MR) is 127 cm³/mol. The fourth-order valence-corrected chi connectivity index (χ4v) is 3.75. The lowest BCUT2D eigenvalue weighted by molar-refractivity contribution is -0.165. The van der Waals surface area contributed by atoms with Crippen molar-refractivity contribution in [3.05, 3.63) is 102 Å². The van der Waals surface area contributed by atoms with E-state index in [0.29, 0.717) is 11.3 Å². The number of carbonyl (C=O) groups excluding carboxylic acids is 3. The fourth-order valence-electron chi connectivity index (χ4n) is 3.75. The van der Waals surface area contributed by atoms with Crippen LogP contribution in [-0.4, -0.2) is 24.8 Å². The molecule has 0 radical (unpaired) electrons. The van der Waals surface area contributed by atoms with Gasteiger partial charge < -0.3 is 19.0 Å². The molecule has 176 valence electrons. The van der Waals surface area contributed by atoms with E-state index in [-0.39, 0.29) is 25.4 Å². The molecule has 1 atom stereocenters. The standard InChI is InChI=1S/C28H28O6/c1-20(29)17-24(23-15-9-10-16-25(23)32-2)26(27(30)33-18-21-11-5-3-6-12-21)28(31)34-19-22-13-7-4-8-14-22/h3-16,24,26H,17-19H2,1-2H3/t24-/m0/s1. The summed E-state index contributed by atoms with van der Waals surface area (Å²) >= 11 is 0. The molecule has 0 aromatic heterocycles. The Morgan fingerprint density at radius 3 is 1.65 bits per heavy atom. The molecule has 34 heavy (non-hydrogen) atoms. The van der Waals surface area contributed by atoms with Crippen molar-refractivity contribution >= 4 is 17.7 Å². The smallest absolute Gasteiger partial charge is 0.321 e. The highest BCUT2D eigenvalue weighted by Gasteiger charge is 2.40. The minimum absolute atomic E-state index is 0.000848. The second-order valence-electron chi connectivity index (χ2n) is 7.92. The summed E-state index contributed by atoms with van der Waals surface area (Å²) in [6, 6.07) is 25.4. The van der Waals surface area contributed by atoms with Gasteiger partial charge in [0.05, 0.1) is 7.11 Å². The monoisotopic (exact) mass is 460 g/mol. The summed E-state index contributed by atoms with van der Waals surface area (Å²) in [6.07, 6.45) is -0.0497.